The number of carbonyl (C=O) groups excluding carboxylic acids is 1. The molecule has 4 heterocycles. The molecule has 0 atom stereocenters. The first-order valence-corrected chi connectivity index (χ1v) is 10.8. The van der Waals surface area contributed by atoms with Gasteiger partial charge in [0.05, 0.1) is 29.6 Å². The summed E-state index contributed by atoms with van der Waals surface area (Å²) in [4.78, 5) is 21.1. The Morgan fingerprint density at radius 1 is 1.10 bits per heavy atom. The molecular formula is C23H23N7O. The summed E-state index contributed by atoms with van der Waals surface area (Å²) in [7, 11) is 1.89. The smallest absolute Gasteiger partial charge is 0.228 e. The number of pyridine rings is 2. The SMILES string of the molecule is Cn1nc(-c2cc(-c3cnn(C4CCC4)c3)ccn2)c2cc(NC(=O)C3CC3)ncc21. The molecule has 0 saturated heterocycles. The molecule has 8 heteroatoms. The molecule has 1 amide bonds. The van der Waals surface area contributed by atoms with E-state index < -0.39 is 0 Å². The molecule has 2 aliphatic rings. The number of hydrogen-bond donors (Lipinski definition) is 1. The number of amides is 1. The summed E-state index contributed by atoms with van der Waals surface area (Å²) in [6.45, 7) is 0. The number of rotatable bonds is 5. The summed E-state index contributed by atoms with van der Waals surface area (Å²) in [6.07, 6.45) is 13.2. The van der Waals surface area contributed by atoms with Crippen LogP contribution in [-0.2, 0) is 11.8 Å². The average Bonchev–Trinajstić information content (AvgIpc) is 3.41. The molecule has 156 valence electrons. The summed E-state index contributed by atoms with van der Waals surface area (Å²) in [6, 6.07) is 6.47. The first-order valence-electron chi connectivity index (χ1n) is 10.8. The molecule has 0 spiro atoms. The molecule has 1 N–H and O–H groups in total. The highest BCUT2D eigenvalue weighted by molar-refractivity contribution is 5.98. The summed E-state index contributed by atoms with van der Waals surface area (Å²) >= 11 is 0. The zero-order chi connectivity index (χ0) is 20.9. The summed E-state index contributed by atoms with van der Waals surface area (Å²) in [5, 5.41) is 13.1. The van der Waals surface area contributed by atoms with E-state index in [-0.39, 0.29) is 11.8 Å². The van der Waals surface area contributed by atoms with Crippen LogP contribution in [0.5, 0.6) is 0 Å². The van der Waals surface area contributed by atoms with Crippen molar-refractivity contribution in [3.05, 3.63) is 43.0 Å². The molecule has 2 saturated carbocycles. The van der Waals surface area contributed by atoms with Gasteiger partial charge in [-0.05, 0) is 55.9 Å². The first kappa shape index (κ1) is 18.2. The van der Waals surface area contributed by atoms with E-state index in [1.807, 2.05) is 37.6 Å². The van der Waals surface area contributed by atoms with Crippen LogP contribution < -0.4 is 5.32 Å². The van der Waals surface area contributed by atoms with Crippen molar-refractivity contribution in [2.75, 3.05) is 5.32 Å². The number of aromatic nitrogens is 6. The largest absolute Gasteiger partial charge is 0.310 e. The minimum Gasteiger partial charge on any atom is -0.310 e. The standard InChI is InChI=1S/C23H23N7O/c1-29-20-12-25-21(27-23(31)14-5-6-14)10-18(20)22(28-29)19-9-15(7-8-24-19)16-11-26-30(13-16)17-3-2-4-17/h7-14,17H,2-6H2,1H3,(H,25,27,31). The number of fused-ring (bicyclic) bond motifs is 1. The molecular weight excluding hydrogens is 390 g/mol. The molecule has 0 aliphatic heterocycles. The van der Waals surface area contributed by atoms with Crippen LogP contribution in [-0.4, -0.2) is 35.4 Å². The average molecular weight is 413 g/mol. The van der Waals surface area contributed by atoms with E-state index in [1.165, 1.54) is 19.3 Å². The Balaban J connectivity index is 1.36. The molecule has 4 aromatic rings. The number of aryl methyl sites for hydroxylation is 1. The van der Waals surface area contributed by atoms with Crippen LogP contribution in [0.1, 0.15) is 38.1 Å². The van der Waals surface area contributed by atoms with E-state index in [1.54, 1.807) is 10.9 Å². The maximum absolute atomic E-state index is 12.2. The third kappa shape index (κ3) is 3.28. The molecule has 0 aromatic carbocycles. The van der Waals surface area contributed by atoms with Gasteiger partial charge in [0.2, 0.25) is 5.91 Å². The molecule has 0 bridgehead atoms. The predicted molar refractivity (Wildman–Crippen MR) is 117 cm³/mol. The molecule has 8 nitrogen and oxygen atoms in total. The van der Waals surface area contributed by atoms with Crippen LogP contribution in [0.25, 0.3) is 33.4 Å². The van der Waals surface area contributed by atoms with Gasteiger partial charge in [0.1, 0.15) is 11.5 Å². The van der Waals surface area contributed by atoms with Gasteiger partial charge in [0, 0.05) is 36.3 Å². The fourth-order valence-corrected chi connectivity index (χ4v) is 4.06. The van der Waals surface area contributed by atoms with E-state index in [0.29, 0.717) is 11.9 Å². The van der Waals surface area contributed by atoms with Crippen LogP contribution >= 0.6 is 0 Å². The van der Waals surface area contributed by atoms with Gasteiger partial charge in [-0.3, -0.25) is 19.1 Å². The van der Waals surface area contributed by atoms with Gasteiger partial charge in [-0.15, -0.1) is 0 Å². The van der Waals surface area contributed by atoms with E-state index in [9.17, 15) is 4.79 Å². The Hall–Kier alpha value is -3.55. The lowest BCUT2D eigenvalue weighted by molar-refractivity contribution is -0.117. The zero-order valence-corrected chi connectivity index (χ0v) is 17.3. The quantitative estimate of drug-likeness (QED) is 0.535. The molecule has 6 rings (SSSR count). The normalized spacial score (nSPS) is 16.4. The van der Waals surface area contributed by atoms with Gasteiger partial charge in [-0.2, -0.15) is 10.2 Å². The Bertz CT molecular complexity index is 1300. The van der Waals surface area contributed by atoms with Gasteiger partial charge in [-0.25, -0.2) is 4.98 Å². The second-order valence-electron chi connectivity index (χ2n) is 8.55. The van der Waals surface area contributed by atoms with Crippen LogP contribution in [0, 0.1) is 5.92 Å². The van der Waals surface area contributed by atoms with Crippen LogP contribution in [0.3, 0.4) is 0 Å². The second kappa shape index (κ2) is 7.01. The minimum absolute atomic E-state index is 0.0425. The third-order valence-corrected chi connectivity index (χ3v) is 6.32. The van der Waals surface area contributed by atoms with Crippen molar-refractivity contribution >= 4 is 22.6 Å². The van der Waals surface area contributed by atoms with Crippen molar-refractivity contribution in [1.82, 2.24) is 29.5 Å². The summed E-state index contributed by atoms with van der Waals surface area (Å²) in [5.41, 5.74) is 4.59. The Morgan fingerprint density at radius 2 is 1.97 bits per heavy atom. The van der Waals surface area contributed by atoms with Crippen molar-refractivity contribution in [2.45, 2.75) is 38.1 Å². The fraction of sp³-hybridized carbons (Fsp3) is 0.348. The monoisotopic (exact) mass is 413 g/mol. The predicted octanol–water partition coefficient (Wildman–Crippen LogP) is 3.97. The van der Waals surface area contributed by atoms with Crippen molar-refractivity contribution in [3.63, 3.8) is 0 Å². The number of nitrogens with one attached hydrogen (secondary N) is 1. The number of carbonyl (C=O) groups is 1. The number of nitrogens with zero attached hydrogens (tertiary/aromatic N) is 6. The summed E-state index contributed by atoms with van der Waals surface area (Å²) in [5.74, 6) is 0.725. The van der Waals surface area contributed by atoms with Gasteiger partial charge in [-0.1, -0.05) is 0 Å². The van der Waals surface area contributed by atoms with Gasteiger partial charge < -0.3 is 5.32 Å². The van der Waals surface area contributed by atoms with Crippen molar-refractivity contribution in [1.29, 1.82) is 0 Å². The highest BCUT2D eigenvalue weighted by Crippen LogP contribution is 2.34. The number of hydrogen-bond acceptors (Lipinski definition) is 5. The maximum atomic E-state index is 12.2. The second-order valence-corrected chi connectivity index (χ2v) is 8.55. The Kier molecular flexibility index (Phi) is 4.12. The fourth-order valence-electron chi connectivity index (χ4n) is 4.06. The van der Waals surface area contributed by atoms with E-state index in [2.05, 4.69) is 31.3 Å². The van der Waals surface area contributed by atoms with E-state index >= 15 is 0 Å². The molecule has 2 aliphatic carbocycles. The van der Waals surface area contributed by atoms with Gasteiger partial charge in [0.15, 0.2) is 0 Å². The molecule has 0 unspecified atom stereocenters. The van der Waals surface area contributed by atoms with Crippen LogP contribution in [0.15, 0.2) is 43.0 Å². The zero-order valence-electron chi connectivity index (χ0n) is 17.3. The topological polar surface area (TPSA) is 90.5 Å². The van der Waals surface area contributed by atoms with Crippen LogP contribution in [0.4, 0.5) is 5.82 Å². The van der Waals surface area contributed by atoms with Crippen molar-refractivity contribution in [3.8, 4) is 22.5 Å². The highest BCUT2D eigenvalue weighted by atomic mass is 16.2. The lowest BCUT2D eigenvalue weighted by Gasteiger charge is -2.25. The van der Waals surface area contributed by atoms with Gasteiger partial charge in [0.25, 0.3) is 0 Å². The van der Waals surface area contributed by atoms with Crippen molar-refractivity contribution in [2.24, 2.45) is 13.0 Å². The Labute approximate surface area is 179 Å². The highest BCUT2D eigenvalue weighted by Gasteiger charge is 2.30. The van der Waals surface area contributed by atoms with E-state index in [0.717, 1.165) is 46.3 Å². The molecule has 31 heavy (non-hydrogen) atoms. The number of anilines is 1. The molecule has 2 fully saturated rings. The minimum atomic E-state index is 0.0425. The van der Waals surface area contributed by atoms with Gasteiger partial charge >= 0.3 is 0 Å². The lowest BCUT2D eigenvalue weighted by atomic mass is 9.93. The molecule has 4 aromatic heterocycles. The Morgan fingerprint density at radius 3 is 2.74 bits per heavy atom. The first-order chi connectivity index (χ1) is 15.2. The van der Waals surface area contributed by atoms with Crippen LogP contribution in [0.2, 0.25) is 0 Å². The summed E-state index contributed by atoms with van der Waals surface area (Å²) < 4.78 is 3.88. The molecule has 0 radical (unpaired) electrons. The van der Waals surface area contributed by atoms with E-state index in [4.69, 9.17) is 5.10 Å². The maximum Gasteiger partial charge on any atom is 0.228 e. The van der Waals surface area contributed by atoms with Crippen molar-refractivity contribution < 1.29 is 4.79 Å². The lowest BCUT2D eigenvalue weighted by Crippen LogP contribution is -2.16. The third-order valence-electron chi connectivity index (χ3n) is 6.32.